The van der Waals surface area contributed by atoms with Crippen LogP contribution in [-0.4, -0.2) is 0 Å². The van der Waals surface area contributed by atoms with Crippen LogP contribution in [0.4, 0.5) is 0 Å². The van der Waals surface area contributed by atoms with Gasteiger partial charge in [0, 0.05) is 22.3 Å². The second-order valence-electron chi connectivity index (χ2n) is 12.6. The molecule has 0 heteroatoms. The second kappa shape index (κ2) is 12.5. The maximum atomic E-state index is 3.36. The van der Waals surface area contributed by atoms with Crippen LogP contribution >= 0.6 is 0 Å². The van der Waals surface area contributed by atoms with Gasteiger partial charge in [-0.3, -0.25) is 0 Å². The molecule has 0 saturated carbocycles. The van der Waals surface area contributed by atoms with E-state index in [0.717, 1.165) is 22.3 Å². The first-order valence-corrected chi connectivity index (χ1v) is 16.3. The molecule has 0 N–H and O–H groups in total. The first-order chi connectivity index (χ1) is 23.5. The van der Waals surface area contributed by atoms with Gasteiger partial charge in [-0.15, -0.1) is 0 Å². The molecule has 0 fully saturated rings. The molecule has 0 aromatic heterocycles. The zero-order valence-corrected chi connectivity index (χ0v) is 27.0. The van der Waals surface area contributed by atoms with Crippen LogP contribution < -0.4 is 0 Å². The Morgan fingerprint density at radius 1 is 0.292 bits per heavy atom. The molecule has 0 atom stereocenters. The van der Waals surface area contributed by atoms with E-state index in [1.54, 1.807) is 0 Å². The van der Waals surface area contributed by atoms with Gasteiger partial charge >= 0.3 is 0 Å². The molecule has 224 valence electrons. The molecule has 8 aromatic carbocycles. The highest BCUT2D eigenvalue weighted by molar-refractivity contribution is 5.90. The lowest BCUT2D eigenvalue weighted by Crippen LogP contribution is -1.82. The van der Waals surface area contributed by atoms with Crippen LogP contribution in [0, 0.1) is 37.5 Å². The summed E-state index contributed by atoms with van der Waals surface area (Å²) in [6, 6.07) is 51.9. The summed E-state index contributed by atoms with van der Waals surface area (Å²) in [4.78, 5) is 0. The molecule has 48 heavy (non-hydrogen) atoms. The van der Waals surface area contributed by atoms with Gasteiger partial charge in [-0.25, -0.2) is 0 Å². The maximum absolute atomic E-state index is 3.36. The highest BCUT2D eigenvalue weighted by atomic mass is 14.0. The molecule has 0 spiro atoms. The van der Waals surface area contributed by atoms with Gasteiger partial charge in [0.1, 0.15) is 0 Å². The van der Waals surface area contributed by atoms with Crippen molar-refractivity contribution in [3.8, 4) is 23.7 Å². The third kappa shape index (κ3) is 6.34. The maximum Gasteiger partial charge on any atom is 0.0255 e. The largest absolute Gasteiger partial charge is 0.0616 e. The molecular formula is C48H32. The van der Waals surface area contributed by atoms with Gasteiger partial charge in [-0.2, -0.15) is 0 Å². The Morgan fingerprint density at radius 2 is 0.562 bits per heavy atom. The number of hydrogen-bond donors (Lipinski definition) is 0. The number of hydrogen-bond acceptors (Lipinski definition) is 0. The Bertz CT molecular complexity index is 2510. The van der Waals surface area contributed by atoms with Crippen molar-refractivity contribution in [1.29, 1.82) is 0 Å². The first kappa shape index (κ1) is 29.1. The summed E-state index contributed by atoms with van der Waals surface area (Å²) < 4.78 is 0. The van der Waals surface area contributed by atoms with Crippen LogP contribution in [-0.2, 0) is 0 Å². The molecule has 0 aliphatic carbocycles. The van der Waals surface area contributed by atoms with E-state index in [-0.39, 0.29) is 0 Å². The van der Waals surface area contributed by atoms with Crippen LogP contribution in [0.5, 0.6) is 0 Å². The van der Waals surface area contributed by atoms with Gasteiger partial charge in [-0.05, 0) is 129 Å². The average molecular weight is 609 g/mol. The quantitative estimate of drug-likeness (QED) is 0.135. The van der Waals surface area contributed by atoms with Crippen LogP contribution in [0.25, 0.3) is 55.2 Å². The van der Waals surface area contributed by atoms with Gasteiger partial charge in [0.2, 0.25) is 0 Å². The minimum Gasteiger partial charge on any atom is -0.0616 e. The summed E-state index contributed by atoms with van der Waals surface area (Å²) in [5.41, 5.74) is 8.98. The van der Waals surface area contributed by atoms with Crippen LogP contribution in [0.1, 0.15) is 44.5 Å². The topological polar surface area (TPSA) is 0 Å². The third-order valence-electron chi connectivity index (χ3n) is 8.89. The number of rotatable bonds is 2. The van der Waals surface area contributed by atoms with E-state index in [1.807, 2.05) is 0 Å². The molecule has 0 amide bonds. The van der Waals surface area contributed by atoms with E-state index in [1.165, 1.54) is 65.3 Å². The molecule has 8 rings (SSSR count). The standard InChI is InChI=1S/C48H32/c1-33-3-17-43-27-35(11-19-41(43)25-33)5-7-37-13-21-47-31-39(15-23-45(47)29-37)9-10-40-16-24-46-30-38(14-22-48(46)32-40)8-6-36-12-20-42-26-34(2)4-18-44(42)28-36/h3-4,9-32H,1-2H3. The van der Waals surface area contributed by atoms with Gasteiger partial charge in [0.05, 0.1) is 0 Å². The molecule has 8 aromatic rings. The van der Waals surface area contributed by atoms with Crippen molar-refractivity contribution in [1.82, 2.24) is 0 Å². The summed E-state index contributed by atoms with van der Waals surface area (Å²) in [5.74, 6) is 13.4. The molecule has 0 bridgehead atoms. The fraction of sp³-hybridized carbons (Fsp3) is 0.0417. The van der Waals surface area contributed by atoms with Crippen molar-refractivity contribution < 1.29 is 0 Å². The number of benzene rings is 8. The Kier molecular flexibility index (Phi) is 7.55. The minimum absolute atomic E-state index is 1.02. The molecule has 0 aliphatic heterocycles. The highest BCUT2D eigenvalue weighted by Crippen LogP contribution is 2.23. The van der Waals surface area contributed by atoms with Crippen molar-refractivity contribution in [3.05, 3.63) is 190 Å². The Labute approximate surface area is 282 Å². The number of fused-ring (bicyclic) bond motifs is 4. The van der Waals surface area contributed by atoms with E-state index >= 15 is 0 Å². The normalized spacial score (nSPS) is 11.1. The summed E-state index contributed by atoms with van der Waals surface area (Å²) in [7, 11) is 0. The Hall–Kier alpha value is -6.34. The van der Waals surface area contributed by atoms with Gasteiger partial charge in [0.25, 0.3) is 0 Å². The summed E-state index contributed by atoms with van der Waals surface area (Å²) in [6.45, 7) is 4.25. The molecule has 0 unspecified atom stereocenters. The third-order valence-corrected chi connectivity index (χ3v) is 8.89. The lowest BCUT2D eigenvalue weighted by atomic mass is 10.0. The lowest BCUT2D eigenvalue weighted by Gasteiger charge is -2.03. The van der Waals surface area contributed by atoms with E-state index < -0.39 is 0 Å². The predicted molar refractivity (Wildman–Crippen MR) is 206 cm³/mol. The monoisotopic (exact) mass is 608 g/mol. The van der Waals surface area contributed by atoms with Crippen LogP contribution in [0.15, 0.2) is 146 Å². The van der Waals surface area contributed by atoms with Gasteiger partial charge < -0.3 is 0 Å². The molecule has 0 heterocycles. The zero-order chi connectivity index (χ0) is 32.5. The van der Waals surface area contributed by atoms with E-state index in [2.05, 4.69) is 195 Å². The number of aryl methyl sites for hydroxylation is 2. The summed E-state index contributed by atoms with van der Waals surface area (Å²) in [5, 5.41) is 9.72. The van der Waals surface area contributed by atoms with Crippen molar-refractivity contribution in [2.75, 3.05) is 0 Å². The van der Waals surface area contributed by atoms with E-state index in [9.17, 15) is 0 Å². The lowest BCUT2D eigenvalue weighted by molar-refractivity contribution is 1.50. The predicted octanol–water partition coefficient (Wildman–Crippen LogP) is 11.9. The zero-order valence-electron chi connectivity index (χ0n) is 27.0. The molecule has 0 nitrogen and oxygen atoms in total. The van der Waals surface area contributed by atoms with Crippen molar-refractivity contribution in [2.24, 2.45) is 0 Å². The first-order valence-electron chi connectivity index (χ1n) is 16.3. The fourth-order valence-corrected chi connectivity index (χ4v) is 6.26. The SMILES string of the molecule is Cc1ccc2cc(C#Cc3ccc4cc(C=Cc5ccc6cc(C#Cc7ccc8cc(C)ccc8c7)ccc6c5)ccc4c3)ccc2c1. The Morgan fingerprint density at radius 3 is 0.917 bits per heavy atom. The van der Waals surface area contributed by atoms with Crippen molar-refractivity contribution in [3.63, 3.8) is 0 Å². The van der Waals surface area contributed by atoms with Gasteiger partial charge in [-0.1, -0.05) is 132 Å². The van der Waals surface area contributed by atoms with Crippen molar-refractivity contribution in [2.45, 2.75) is 13.8 Å². The van der Waals surface area contributed by atoms with E-state index in [0.29, 0.717) is 0 Å². The second-order valence-corrected chi connectivity index (χ2v) is 12.6. The highest BCUT2D eigenvalue weighted by Gasteiger charge is 2.01. The average Bonchev–Trinajstić information content (AvgIpc) is 3.12. The molecule has 0 radical (unpaired) electrons. The minimum atomic E-state index is 1.02. The molecule has 0 aliphatic rings. The Balaban J connectivity index is 0.965. The summed E-state index contributed by atoms with van der Waals surface area (Å²) in [6.07, 6.45) is 4.36. The summed E-state index contributed by atoms with van der Waals surface area (Å²) >= 11 is 0. The molecular weight excluding hydrogens is 577 g/mol. The fourth-order valence-electron chi connectivity index (χ4n) is 6.26. The van der Waals surface area contributed by atoms with Gasteiger partial charge in [0.15, 0.2) is 0 Å². The smallest absolute Gasteiger partial charge is 0.0255 e. The van der Waals surface area contributed by atoms with Crippen molar-refractivity contribution >= 4 is 55.2 Å². The van der Waals surface area contributed by atoms with Crippen LogP contribution in [0.2, 0.25) is 0 Å². The van der Waals surface area contributed by atoms with Crippen LogP contribution in [0.3, 0.4) is 0 Å². The van der Waals surface area contributed by atoms with E-state index in [4.69, 9.17) is 0 Å². The molecule has 0 saturated heterocycles.